The third-order valence-electron chi connectivity index (χ3n) is 7.20. The van der Waals surface area contributed by atoms with E-state index in [1.165, 1.54) is 29.4 Å². The SMILES string of the molecule is C.O=C1C=CC2(C=C1)CC(=O)N2OCc1ccccc1.O=C1C=C[C@]2(CC(=O)N2OCc2ccccc2)[C@H](O)[C@@H]1O. The van der Waals surface area contributed by atoms with Gasteiger partial charge in [0, 0.05) is 0 Å². The number of amides is 2. The molecule has 0 unspecified atom stereocenters. The summed E-state index contributed by atoms with van der Waals surface area (Å²) < 4.78 is 0. The standard InChI is InChI=1S/C15H15NO5.C15H13NO3.CH4/c17-11-6-7-15(14(20)13(11)19)8-12(18)16(15)21-9-10-4-2-1-3-5-10;17-13-6-8-15(9-7-13)10-14(18)16(15)19-11-12-4-2-1-3-5-12;/h1-7,13-14,19-20H,8-9H2;1-9H,10-11H2;1H4/t13-,14-,15+;;/m1../s1. The lowest BCUT2D eigenvalue weighted by Crippen LogP contribution is -2.71. The minimum Gasteiger partial charge on any atom is -0.387 e. The minimum atomic E-state index is -1.54. The Labute approximate surface area is 237 Å². The van der Waals surface area contributed by atoms with Crippen LogP contribution in [0.25, 0.3) is 0 Å². The molecule has 3 atom stereocenters. The molecule has 10 nitrogen and oxygen atoms in total. The second-order valence-electron chi connectivity index (χ2n) is 9.92. The fourth-order valence-corrected chi connectivity index (χ4v) is 4.89. The molecular formula is C31H32N2O8. The Balaban J connectivity index is 0.000000185. The van der Waals surface area contributed by atoms with Crippen molar-refractivity contribution in [3.8, 4) is 0 Å². The van der Waals surface area contributed by atoms with Crippen LogP contribution in [0.5, 0.6) is 0 Å². The van der Waals surface area contributed by atoms with E-state index in [1.807, 2.05) is 60.7 Å². The van der Waals surface area contributed by atoms with Gasteiger partial charge in [0.05, 0.1) is 12.8 Å². The molecule has 2 aliphatic carbocycles. The van der Waals surface area contributed by atoms with Crippen molar-refractivity contribution in [1.82, 2.24) is 10.1 Å². The molecule has 0 bridgehead atoms. The number of hydrogen-bond acceptors (Lipinski definition) is 8. The van der Waals surface area contributed by atoms with E-state index in [-0.39, 0.29) is 38.1 Å². The Hall–Kier alpha value is -4.22. The van der Waals surface area contributed by atoms with Crippen LogP contribution in [0.15, 0.2) is 97.1 Å². The summed E-state index contributed by atoms with van der Waals surface area (Å²) in [4.78, 5) is 57.0. The molecule has 2 N–H and O–H groups in total. The molecule has 0 aromatic heterocycles. The van der Waals surface area contributed by atoms with Crippen molar-refractivity contribution in [3.05, 3.63) is 108 Å². The maximum absolute atomic E-state index is 11.7. The van der Waals surface area contributed by atoms with Crippen LogP contribution in [0, 0.1) is 0 Å². The molecule has 41 heavy (non-hydrogen) atoms. The van der Waals surface area contributed by atoms with Gasteiger partial charge in [0.25, 0.3) is 0 Å². The third-order valence-corrected chi connectivity index (χ3v) is 7.20. The predicted molar refractivity (Wildman–Crippen MR) is 147 cm³/mol. The molecule has 0 saturated carbocycles. The molecule has 4 aliphatic rings. The van der Waals surface area contributed by atoms with Crippen LogP contribution in [0.2, 0.25) is 0 Å². The van der Waals surface area contributed by atoms with E-state index in [1.54, 1.807) is 12.2 Å². The largest absolute Gasteiger partial charge is 0.387 e. The quantitative estimate of drug-likeness (QED) is 0.515. The summed E-state index contributed by atoms with van der Waals surface area (Å²) in [5, 5.41) is 22.2. The number of hydrogen-bond donors (Lipinski definition) is 2. The first kappa shape index (κ1) is 29.8. The fraction of sp³-hybridized carbons (Fsp3) is 0.290. The van der Waals surface area contributed by atoms with Gasteiger partial charge in [0.1, 0.15) is 36.5 Å². The summed E-state index contributed by atoms with van der Waals surface area (Å²) in [6, 6.07) is 18.9. The molecule has 2 spiro atoms. The first-order valence-corrected chi connectivity index (χ1v) is 12.8. The van der Waals surface area contributed by atoms with Crippen molar-refractivity contribution in [3.63, 3.8) is 0 Å². The molecule has 10 heteroatoms. The second-order valence-corrected chi connectivity index (χ2v) is 9.92. The summed E-state index contributed by atoms with van der Waals surface area (Å²) >= 11 is 0. The van der Waals surface area contributed by atoms with Crippen LogP contribution < -0.4 is 0 Å². The summed E-state index contributed by atoms with van der Waals surface area (Å²) in [6.07, 6.45) is 6.45. The van der Waals surface area contributed by atoms with Crippen LogP contribution in [0.1, 0.15) is 31.4 Å². The van der Waals surface area contributed by atoms with E-state index in [0.717, 1.165) is 16.2 Å². The lowest BCUT2D eigenvalue weighted by Gasteiger charge is -2.52. The number of ketones is 2. The molecule has 2 amide bonds. The normalized spacial score (nSPS) is 25.4. The van der Waals surface area contributed by atoms with Crippen molar-refractivity contribution >= 4 is 23.4 Å². The van der Waals surface area contributed by atoms with Crippen molar-refractivity contribution in [2.24, 2.45) is 0 Å². The van der Waals surface area contributed by atoms with E-state index in [4.69, 9.17) is 9.68 Å². The molecule has 2 saturated heterocycles. The topological polar surface area (TPSA) is 134 Å². The van der Waals surface area contributed by atoms with Crippen LogP contribution in [0.3, 0.4) is 0 Å². The van der Waals surface area contributed by atoms with Gasteiger partial charge in [-0.2, -0.15) is 0 Å². The zero-order valence-corrected chi connectivity index (χ0v) is 21.5. The minimum absolute atomic E-state index is 0. The highest BCUT2D eigenvalue weighted by Gasteiger charge is 2.60. The maximum Gasteiger partial charge on any atom is 0.250 e. The maximum atomic E-state index is 11.7. The fourth-order valence-electron chi connectivity index (χ4n) is 4.89. The number of aliphatic hydroxyl groups excluding tert-OH is 2. The Bertz CT molecular complexity index is 1370. The average molecular weight is 561 g/mol. The van der Waals surface area contributed by atoms with Gasteiger partial charge >= 0.3 is 0 Å². The molecule has 0 radical (unpaired) electrons. The van der Waals surface area contributed by atoms with Gasteiger partial charge in [0.2, 0.25) is 11.8 Å². The third kappa shape index (κ3) is 5.82. The molecule has 214 valence electrons. The number of nitrogens with zero attached hydrogens (tertiary/aromatic N) is 2. The molecule has 2 aromatic rings. The molecule has 2 aromatic carbocycles. The van der Waals surface area contributed by atoms with Gasteiger partial charge in [-0.15, -0.1) is 0 Å². The number of hydroxylamine groups is 4. The molecule has 6 rings (SSSR count). The number of carbonyl (C=O) groups excluding carboxylic acids is 4. The number of β-lactam (4-membered cyclic amide) rings is 2. The molecule has 2 heterocycles. The van der Waals surface area contributed by atoms with Gasteiger partial charge in [-0.05, 0) is 47.6 Å². The predicted octanol–water partition coefficient (Wildman–Crippen LogP) is 2.37. The first-order valence-electron chi connectivity index (χ1n) is 12.8. The Kier molecular flexibility index (Phi) is 8.79. The van der Waals surface area contributed by atoms with Gasteiger partial charge in [0.15, 0.2) is 11.6 Å². The average Bonchev–Trinajstić information content (AvgIpc) is 2.96. The van der Waals surface area contributed by atoms with E-state index in [2.05, 4.69) is 0 Å². The summed E-state index contributed by atoms with van der Waals surface area (Å²) in [7, 11) is 0. The van der Waals surface area contributed by atoms with Gasteiger partial charge in [-0.1, -0.05) is 68.1 Å². The van der Waals surface area contributed by atoms with E-state index < -0.39 is 29.1 Å². The van der Waals surface area contributed by atoms with E-state index in [9.17, 15) is 29.4 Å². The van der Waals surface area contributed by atoms with Gasteiger partial charge < -0.3 is 10.2 Å². The number of carbonyl (C=O) groups is 4. The van der Waals surface area contributed by atoms with Crippen LogP contribution in [-0.4, -0.2) is 67.0 Å². The lowest BCUT2D eigenvalue weighted by atomic mass is 9.74. The summed E-state index contributed by atoms with van der Waals surface area (Å²) in [5.41, 5.74) is 0.148. The Morgan fingerprint density at radius 1 is 0.707 bits per heavy atom. The molecule has 2 aliphatic heterocycles. The van der Waals surface area contributed by atoms with E-state index >= 15 is 0 Å². The van der Waals surface area contributed by atoms with Crippen LogP contribution in [-0.2, 0) is 42.1 Å². The smallest absolute Gasteiger partial charge is 0.250 e. The molecular weight excluding hydrogens is 528 g/mol. The highest BCUT2D eigenvalue weighted by molar-refractivity contribution is 6.02. The van der Waals surface area contributed by atoms with Gasteiger partial charge in [-0.25, -0.2) is 10.1 Å². The lowest BCUT2D eigenvalue weighted by molar-refractivity contribution is -0.275. The van der Waals surface area contributed by atoms with E-state index in [0.29, 0.717) is 13.0 Å². The highest BCUT2D eigenvalue weighted by atomic mass is 16.7. The Morgan fingerprint density at radius 3 is 1.73 bits per heavy atom. The summed E-state index contributed by atoms with van der Waals surface area (Å²) in [5.74, 6) is -1.00. The highest BCUT2D eigenvalue weighted by Crippen LogP contribution is 2.41. The van der Waals surface area contributed by atoms with Crippen molar-refractivity contribution in [2.45, 2.75) is 56.8 Å². The molecule has 2 fully saturated rings. The number of rotatable bonds is 6. The monoisotopic (exact) mass is 560 g/mol. The van der Waals surface area contributed by atoms with Crippen molar-refractivity contribution < 1.29 is 39.1 Å². The number of aliphatic hydroxyl groups is 2. The van der Waals surface area contributed by atoms with Crippen LogP contribution in [0.4, 0.5) is 0 Å². The Morgan fingerprint density at radius 2 is 1.22 bits per heavy atom. The second kappa shape index (κ2) is 12.1. The zero-order chi connectivity index (χ0) is 28.3. The van der Waals surface area contributed by atoms with Gasteiger partial charge in [-0.3, -0.25) is 28.9 Å². The number of allylic oxidation sites excluding steroid dienone is 2. The van der Waals surface area contributed by atoms with Crippen molar-refractivity contribution in [1.29, 1.82) is 0 Å². The first-order chi connectivity index (χ1) is 19.2. The van der Waals surface area contributed by atoms with Crippen molar-refractivity contribution in [2.75, 3.05) is 0 Å². The summed E-state index contributed by atoms with van der Waals surface area (Å²) in [6.45, 7) is 0.503. The number of benzene rings is 2. The zero-order valence-electron chi connectivity index (χ0n) is 21.5. The van der Waals surface area contributed by atoms with Crippen LogP contribution >= 0.6 is 0 Å².